The molecule has 3 rings (SSSR count). The highest BCUT2D eigenvalue weighted by Gasteiger charge is 2.26. The monoisotopic (exact) mass is 286 g/mol. The van der Waals surface area contributed by atoms with E-state index in [0.717, 1.165) is 18.5 Å². The largest absolute Gasteiger partial charge is 0.369 e. The van der Waals surface area contributed by atoms with Gasteiger partial charge in [-0.25, -0.2) is 4.39 Å². The number of halogens is 1. The molecule has 0 atom stereocenters. The molecule has 0 bridgehead atoms. The number of aromatic nitrogens is 2. The van der Waals surface area contributed by atoms with Crippen molar-refractivity contribution in [3.05, 3.63) is 47.4 Å². The molecule has 21 heavy (non-hydrogen) atoms. The van der Waals surface area contributed by atoms with Crippen LogP contribution in [0.2, 0.25) is 0 Å². The molecule has 1 aromatic carbocycles. The Morgan fingerprint density at radius 1 is 1.33 bits per heavy atom. The molecule has 1 amide bonds. The standard InChI is InChI=1S/C15H15FN4O/c1-2-17-14-6-5-12(18-19-14)15(21)20-8-7-10-3-4-11(16)9-13(10)20/h3-6,9H,2,7-8H2,1H3,(H,17,19). The van der Waals surface area contributed by atoms with E-state index >= 15 is 0 Å². The third-order valence-corrected chi connectivity index (χ3v) is 3.43. The van der Waals surface area contributed by atoms with E-state index in [2.05, 4.69) is 15.5 Å². The van der Waals surface area contributed by atoms with Crippen LogP contribution in [-0.4, -0.2) is 29.2 Å². The summed E-state index contributed by atoms with van der Waals surface area (Å²) in [5, 5.41) is 10.9. The topological polar surface area (TPSA) is 58.1 Å². The highest BCUT2D eigenvalue weighted by atomic mass is 19.1. The van der Waals surface area contributed by atoms with E-state index in [1.54, 1.807) is 23.1 Å². The molecule has 0 spiro atoms. The summed E-state index contributed by atoms with van der Waals surface area (Å²) >= 11 is 0. The van der Waals surface area contributed by atoms with Gasteiger partial charge in [0.2, 0.25) is 0 Å². The highest BCUT2D eigenvalue weighted by molar-refractivity contribution is 6.06. The number of carbonyl (C=O) groups is 1. The van der Waals surface area contributed by atoms with Gasteiger partial charge in [-0.2, -0.15) is 0 Å². The first-order valence-corrected chi connectivity index (χ1v) is 6.87. The fourth-order valence-electron chi connectivity index (χ4n) is 2.42. The molecule has 1 aliphatic heterocycles. The lowest BCUT2D eigenvalue weighted by Gasteiger charge is -2.16. The number of nitrogens with one attached hydrogen (secondary N) is 1. The van der Waals surface area contributed by atoms with Crippen molar-refractivity contribution in [1.29, 1.82) is 0 Å². The summed E-state index contributed by atoms with van der Waals surface area (Å²) in [7, 11) is 0. The van der Waals surface area contributed by atoms with Crippen molar-refractivity contribution < 1.29 is 9.18 Å². The van der Waals surface area contributed by atoms with Crippen molar-refractivity contribution in [2.24, 2.45) is 0 Å². The quantitative estimate of drug-likeness (QED) is 0.940. The van der Waals surface area contributed by atoms with Crippen LogP contribution in [0, 0.1) is 5.82 Å². The van der Waals surface area contributed by atoms with E-state index in [1.807, 2.05) is 6.92 Å². The lowest BCUT2D eigenvalue weighted by atomic mass is 10.1. The van der Waals surface area contributed by atoms with Crippen LogP contribution in [0.15, 0.2) is 30.3 Å². The third-order valence-electron chi connectivity index (χ3n) is 3.43. The Morgan fingerprint density at radius 3 is 2.90 bits per heavy atom. The van der Waals surface area contributed by atoms with Crippen molar-refractivity contribution in [3.63, 3.8) is 0 Å². The number of hydrogen-bond donors (Lipinski definition) is 1. The second-order valence-electron chi connectivity index (χ2n) is 4.81. The van der Waals surface area contributed by atoms with Crippen LogP contribution < -0.4 is 10.2 Å². The Balaban J connectivity index is 1.85. The number of nitrogens with zero attached hydrogens (tertiary/aromatic N) is 3. The summed E-state index contributed by atoms with van der Waals surface area (Å²) in [6.45, 7) is 3.23. The van der Waals surface area contributed by atoms with Gasteiger partial charge in [0, 0.05) is 13.1 Å². The molecule has 0 radical (unpaired) electrons. The predicted octanol–water partition coefficient (Wildman–Crippen LogP) is 2.25. The van der Waals surface area contributed by atoms with Gasteiger partial charge in [-0.3, -0.25) is 4.79 Å². The molecule has 1 N–H and O–H groups in total. The number of amides is 1. The van der Waals surface area contributed by atoms with E-state index in [0.29, 0.717) is 18.1 Å². The van der Waals surface area contributed by atoms with Crippen LogP contribution in [-0.2, 0) is 6.42 Å². The lowest BCUT2D eigenvalue weighted by Crippen LogP contribution is -2.30. The number of anilines is 2. The number of fused-ring (bicyclic) bond motifs is 1. The van der Waals surface area contributed by atoms with Gasteiger partial charge in [-0.05, 0) is 43.2 Å². The molecular weight excluding hydrogens is 271 g/mol. The molecule has 0 aliphatic carbocycles. The van der Waals surface area contributed by atoms with E-state index in [-0.39, 0.29) is 17.4 Å². The van der Waals surface area contributed by atoms with E-state index in [9.17, 15) is 9.18 Å². The number of carbonyl (C=O) groups excluding carboxylic acids is 1. The summed E-state index contributed by atoms with van der Waals surface area (Å²) in [6, 6.07) is 7.87. The van der Waals surface area contributed by atoms with Crippen molar-refractivity contribution in [2.75, 3.05) is 23.3 Å². The minimum absolute atomic E-state index is 0.255. The van der Waals surface area contributed by atoms with E-state index < -0.39 is 0 Å². The minimum Gasteiger partial charge on any atom is -0.369 e. The fraction of sp³-hybridized carbons (Fsp3) is 0.267. The maximum Gasteiger partial charge on any atom is 0.278 e. The zero-order valence-corrected chi connectivity index (χ0v) is 11.6. The molecule has 0 unspecified atom stereocenters. The number of benzene rings is 1. The summed E-state index contributed by atoms with van der Waals surface area (Å²) < 4.78 is 13.4. The normalized spacial score (nSPS) is 13.1. The van der Waals surface area contributed by atoms with Gasteiger partial charge < -0.3 is 10.2 Å². The van der Waals surface area contributed by atoms with Gasteiger partial charge in [0.25, 0.3) is 5.91 Å². The van der Waals surface area contributed by atoms with Crippen molar-refractivity contribution in [3.8, 4) is 0 Å². The summed E-state index contributed by atoms with van der Waals surface area (Å²) in [5.41, 5.74) is 1.85. The Hall–Kier alpha value is -2.50. The van der Waals surface area contributed by atoms with Crippen LogP contribution in [0.5, 0.6) is 0 Å². The Bertz CT molecular complexity index is 672. The number of rotatable bonds is 3. The Kier molecular flexibility index (Phi) is 3.51. The third kappa shape index (κ3) is 2.56. The molecule has 0 saturated carbocycles. The SMILES string of the molecule is CCNc1ccc(C(=O)N2CCc3ccc(F)cc32)nn1. The average molecular weight is 286 g/mol. The summed E-state index contributed by atoms with van der Waals surface area (Å²) in [6.07, 6.45) is 0.726. The van der Waals surface area contributed by atoms with Crippen LogP contribution in [0.1, 0.15) is 23.0 Å². The molecular formula is C15H15FN4O. The minimum atomic E-state index is -0.345. The first-order chi connectivity index (χ1) is 10.2. The molecule has 2 aromatic rings. The molecule has 0 saturated heterocycles. The second-order valence-corrected chi connectivity index (χ2v) is 4.81. The zero-order valence-electron chi connectivity index (χ0n) is 11.6. The lowest BCUT2D eigenvalue weighted by molar-refractivity contribution is 0.0983. The average Bonchev–Trinajstić information content (AvgIpc) is 2.90. The molecule has 6 heteroatoms. The Labute approximate surface area is 121 Å². The zero-order chi connectivity index (χ0) is 14.8. The Morgan fingerprint density at radius 2 is 2.19 bits per heavy atom. The van der Waals surface area contributed by atoms with Gasteiger partial charge in [0.15, 0.2) is 5.69 Å². The van der Waals surface area contributed by atoms with Gasteiger partial charge in [0.1, 0.15) is 11.6 Å². The van der Waals surface area contributed by atoms with Gasteiger partial charge >= 0.3 is 0 Å². The first-order valence-electron chi connectivity index (χ1n) is 6.87. The second kappa shape index (κ2) is 5.47. The van der Waals surface area contributed by atoms with Crippen LogP contribution >= 0.6 is 0 Å². The first kappa shape index (κ1) is 13.5. The summed E-state index contributed by atoms with van der Waals surface area (Å²) in [5.74, 6) is 0.0267. The van der Waals surface area contributed by atoms with Crippen LogP contribution in [0.3, 0.4) is 0 Å². The molecule has 5 nitrogen and oxygen atoms in total. The van der Waals surface area contributed by atoms with E-state index in [4.69, 9.17) is 0 Å². The van der Waals surface area contributed by atoms with Crippen molar-refractivity contribution >= 4 is 17.4 Å². The fourth-order valence-corrected chi connectivity index (χ4v) is 2.42. The molecule has 0 fully saturated rings. The van der Waals surface area contributed by atoms with Crippen LogP contribution in [0.25, 0.3) is 0 Å². The van der Waals surface area contributed by atoms with Gasteiger partial charge in [-0.1, -0.05) is 6.07 Å². The van der Waals surface area contributed by atoms with Gasteiger partial charge in [0.05, 0.1) is 5.69 Å². The molecule has 1 aliphatic rings. The molecule has 2 heterocycles. The molecule has 1 aromatic heterocycles. The number of hydrogen-bond acceptors (Lipinski definition) is 4. The van der Waals surface area contributed by atoms with Gasteiger partial charge in [-0.15, -0.1) is 10.2 Å². The van der Waals surface area contributed by atoms with Crippen LogP contribution in [0.4, 0.5) is 15.9 Å². The maximum absolute atomic E-state index is 13.4. The van der Waals surface area contributed by atoms with E-state index in [1.165, 1.54) is 12.1 Å². The maximum atomic E-state index is 13.4. The highest BCUT2D eigenvalue weighted by Crippen LogP contribution is 2.29. The predicted molar refractivity (Wildman–Crippen MR) is 78.0 cm³/mol. The van der Waals surface area contributed by atoms with Crippen molar-refractivity contribution in [1.82, 2.24) is 10.2 Å². The van der Waals surface area contributed by atoms with Crippen molar-refractivity contribution in [2.45, 2.75) is 13.3 Å². The smallest absolute Gasteiger partial charge is 0.278 e. The molecule has 108 valence electrons. The summed E-state index contributed by atoms with van der Waals surface area (Å²) in [4.78, 5) is 14.0.